The van der Waals surface area contributed by atoms with Gasteiger partial charge in [-0.1, -0.05) is 0 Å². The molecule has 114 valence electrons. The first-order chi connectivity index (χ1) is 9.86. The lowest BCUT2D eigenvalue weighted by atomic mass is 10.3. The van der Waals surface area contributed by atoms with Gasteiger partial charge in [-0.15, -0.1) is 0 Å². The Kier molecular flexibility index (Phi) is 3.96. The second kappa shape index (κ2) is 5.54. The summed E-state index contributed by atoms with van der Waals surface area (Å²) in [6.07, 6.45) is -2.56. The Morgan fingerprint density at radius 1 is 1.29 bits per heavy atom. The fourth-order valence-corrected chi connectivity index (χ4v) is 1.69. The predicted molar refractivity (Wildman–Crippen MR) is 67.9 cm³/mol. The lowest BCUT2D eigenvalue weighted by Crippen LogP contribution is -2.12. The van der Waals surface area contributed by atoms with Crippen molar-refractivity contribution in [1.29, 1.82) is 0 Å². The van der Waals surface area contributed by atoms with Crippen molar-refractivity contribution in [2.45, 2.75) is 12.9 Å². The highest BCUT2D eigenvalue weighted by molar-refractivity contribution is 5.58. The molecular formula is C11H12F4N6. The van der Waals surface area contributed by atoms with E-state index in [4.69, 9.17) is 0 Å². The van der Waals surface area contributed by atoms with Crippen LogP contribution in [-0.4, -0.2) is 26.8 Å². The molecule has 0 aliphatic carbocycles. The molecule has 2 aromatic rings. The third kappa shape index (κ3) is 3.03. The van der Waals surface area contributed by atoms with Gasteiger partial charge in [0, 0.05) is 20.3 Å². The molecule has 6 nitrogen and oxygen atoms in total. The third-order valence-corrected chi connectivity index (χ3v) is 2.77. The number of anilines is 3. The average molecular weight is 304 g/mol. The highest BCUT2D eigenvalue weighted by atomic mass is 19.4. The van der Waals surface area contributed by atoms with Gasteiger partial charge in [-0.25, -0.2) is 9.37 Å². The Hall–Kier alpha value is -2.39. The van der Waals surface area contributed by atoms with Crippen LogP contribution in [0, 0.1) is 0 Å². The Morgan fingerprint density at radius 3 is 2.57 bits per heavy atom. The van der Waals surface area contributed by atoms with Crippen molar-refractivity contribution >= 4 is 17.5 Å². The molecule has 0 atom stereocenters. The van der Waals surface area contributed by atoms with Crippen LogP contribution in [0.15, 0.2) is 12.4 Å². The van der Waals surface area contributed by atoms with Crippen molar-refractivity contribution < 1.29 is 17.6 Å². The molecule has 2 N–H and O–H groups in total. The normalized spacial score (nSPS) is 11.5. The van der Waals surface area contributed by atoms with Crippen LogP contribution in [0.5, 0.6) is 0 Å². The Balaban J connectivity index is 2.33. The van der Waals surface area contributed by atoms with E-state index in [0.717, 1.165) is 0 Å². The van der Waals surface area contributed by atoms with Gasteiger partial charge in [-0.2, -0.15) is 23.3 Å². The van der Waals surface area contributed by atoms with Gasteiger partial charge < -0.3 is 10.6 Å². The minimum atomic E-state index is -4.56. The molecule has 2 heterocycles. The number of alkyl halides is 4. The second-order valence-electron chi connectivity index (χ2n) is 4.09. The van der Waals surface area contributed by atoms with Crippen LogP contribution in [0.2, 0.25) is 0 Å². The van der Waals surface area contributed by atoms with E-state index in [-0.39, 0.29) is 17.5 Å². The molecule has 21 heavy (non-hydrogen) atoms. The number of hydrogen-bond donors (Lipinski definition) is 2. The summed E-state index contributed by atoms with van der Waals surface area (Å²) in [6, 6.07) is 0. The molecule has 2 rings (SSSR count). The Labute approximate surface area is 117 Å². The first-order valence-corrected chi connectivity index (χ1v) is 5.82. The summed E-state index contributed by atoms with van der Waals surface area (Å²) in [5, 5.41) is 8.85. The smallest absolute Gasteiger partial charge is 0.372 e. The van der Waals surface area contributed by atoms with Gasteiger partial charge in [-0.3, -0.25) is 4.68 Å². The number of aryl methyl sites for hydroxylation is 1. The van der Waals surface area contributed by atoms with Crippen molar-refractivity contribution in [3.8, 4) is 0 Å². The minimum absolute atomic E-state index is 0.0879. The van der Waals surface area contributed by atoms with E-state index in [1.807, 2.05) is 0 Å². The third-order valence-electron chi connectivity index (χ3n) is 2.77. The van der Waals surface area contributed by atoms with Crippen molar-refractivity contribution in [2.24, 2.45) is 7.05 Å². The number of rotatable bonds is 4. The van der Waals surface area contributed by atoms with E-state index in [0.29, 0.717) is 11.9 Å². The first-order valence-electron chi connectivity index (χ1n) is 5.82. The van der Waals surface area contributed by atoms with Crippen LogP contribution in [0.4, 0.5) is 35.0 Å². The second-order valence-corrected chi connectivity index (χ2v) is 4.09. The maximum atomic E-state index is 12.8. The van der Waals surface area contributed by atoms with Gasteiger partial charge in [-0.05, 0) is 0 Å². The molecule has 0 saturated carbocycles. The molecule has 0 saturated heterocycles. The number of halogens is 4. The van der Waals surface area contributed by atoms with E-state index in [1.54, 1.807) is 7.05 Å². The van der Waals surface area contributed by atoms with Gasteiger partial charge in [0.1, 0.15) is 18.1 Å². The van der Waals surface area contributed by atoms with Crippen LogP contribution < -0.4 is 10.6 Å². The molecular weight excluding hydrogens is 292 g/mol. The highest BCUT2D eigenvalue weighted by Gasteiger charge is 2.35. The van der Waals surface area contributed by atoms with E-state index in [9.17, 15) is 17.6 Å². The summed E-state index contributed by atoms with van der Waals surface area (Å²) in [7, 11) is 2.87. The molecule has 2 aromatic heterocycles. The number of aromatic nitrogens is 4. The fraction of sp³-hybridized carbons (Fsp3) is 0.364. The van der Waals surface area contributed by atoms with Crippen molar-refractivity contribution in [3.05, 3.63) is 23.7 Å². The van der Waals surface area contributed by atoms with Crippen molar-refractivity contribution in [1.82, 2.24) is 19.7 Å². The molecule has 0 aliphatic rings. The summed E-state index contributed by atoms with van der Waals surface area (Å²) in [5.74, 6) is -0.458. The van der Waals surface area contributed by atoms with Gasteiger partial charge in [0.2, 0.25) is 5.95 Å². The monoisotopic (exact) mass is 304 g/mol. The SMILES string of the molecule is CNc1nc(Nc2cnn(C)c2CF)ncc1C(F)(F)F. The molecule has 0 spiro atoms. The summed E-state index contributed by atoms with van der Waals surface area (Å²) in [4.78, 5) is 7.32. The maximum Gasteiger partial charge on any atom is 0.421 e. The lowest BCUT2D eigenvalue weighted by Gasteiger charge is -2.12. The molecule has 10 heteroatoms. The molecule has 0 amide bonds. The fourth-order valence-electron chi connectivity index (χ4n) is 1.69. The molecule has 0 radical (unpaired) electrons. The minimum Gasteiger partial charge on any atom is -0.372 e. The standard InChI is InChI=1S/C11H12F4N6/c1-16-9-6(11(13,14)15)4-17-10(20-9)19-7-5-18-21(2)8(7)3-12/h4-5H,3H2,1-2H3,(H2,16,17,19,20). The van der Waals surface area contributed by atoms with E-state index in [1.165, 1.54) is 17.9 Å². The lowest BCUT2D eigenvalue weighted by molar-refractivity contribution is -0.137. The zero-order valence-electron chi connectivity index (χ0n) is 11.2. The summed E-state index contributed by atoms with van der Waals surface area (Å²) in [5.41, 5.74) is -0.446. The van der Waals surface area contributed by atoms with Crippen LogP contribution >= 0.6 is 0 Å². The van der Waals surface area contributed by atoms with Gasteiger partial charge in [0.15, 0.2) is 0 Å². The molecule has 0 unspecified atom stereocenters. The quantitative estimate of drug-likeness (QED) is 0.849. The topological polar surface area (TPSA) is 67.7 Å². The number of nitrogens with one attached hydrogen (secondary N) is 2. The molecule has 0 bridgehead atoms. The van der Waals surface area contributed by atoms with Crippen molar-refractivity contribution in [3.63, 3.8) is 0 Å². The Bertz CT molecular complexity index is 636. The summed E-state index contributed by atoms with van der Waals surface area (Å²) < 4.78 is 52.3. The molecule has 0 fully saturated rings. The summed E-state index contributed by atoms with van der Waals surface area (Å²) >= 11 is 0. The van der Waals surface area contributed by atoms with E-state index >= 15 is 0 Å². The number of nitrogens with zero attached hydrogens (tertiary/aromatic N) is 4. The van der Waals surface area contributed by atoms with E-state index in [2.05, 4.69) is 25.7 Å². The average Bonchev–Trinajstić information content (AvgIpc) is 2.77. The van der Waals surface area contributed by atoms with Crippen molar-refractivity contribution in [2.75, 3.05) is 17.7 Å². The largest absolute Gasteiger partial charge is 0.421 e. The van der Waals surface area contributed by atoms with Crippen LogP contribution in [0.1, 0.15) is 11.3 Å². The molecule has 0 aromatic carbocycles. The zero-order chi connectivity index (χ0) is 15.6. The van der Waals surface area contributed by atoms with E-state index < -0.39 is 18.4 Å². The van der Waals surface area contributed by atoms with Gasteiger partial charge in [0.25, 0.3) is 0 Å². The van der Waals surface area contributed by atoms with Crippen LogP contribution in [0.25, 0.3) is 0 Å². The summed E-state index contributed by atoms with van der Waals surface area (Å²) in [6.45, 7) is -0.779. The van der Waals surface area contributed by atoms with Gasteiger partial charge >= 0.3 is 6.18 Å². The zero-order valence-corrected chi connectivity index (χ0v) is 11.2. The Morgan fingerprint density at radius 2 is 2.00 bits per heavy atom. The van der Waals surface area contributed by atoms with Gasteiger partial charge in [0.05, 0.1) is 17.6 Å². The van der Waals surface area contributed by atoms with Crippen LogP contribution in [-0.2, 0) is 19.9 Å². The number of hydrogen-bond acceptors (Lipinski definition) is 5. The first kappa shape index (κ1) is 15.0. The molecule has 0 aliphatic heterocycles. The predicted octanol–water partition coefficient (Wildman–Crippen LogP) is 2.48. The van der Waals surface area contributed by atoms with Crippen LogP contribution in [0.3, 0.4) is 0 Å². The maximum absolute atomic E-state index is 12.8. The highest BCUT2D eigenvalue weighted by Crippen LogP contribution is 2.33.